The lowest BCUT2D eigenvalue weighted by molar-refractivity contribution is -0.120. The molecule has 2 heterocycles. The van der Waals surface area contributed by atoms with E-state index in [1.807, 2.05) is 42.5 Å². The Hall–Kier alpha value is -3.74. The van der Waals surface area contributed by atoms with Gasteiger partial charge in [-0.15, -0.1) is 10.2 Å². The van der Waals surface area contributed by atoms with Crippen LogP contribution in [0.2, 0.25) is 0 Å². The van der Waals surface area contributed by atoms with Crippen LogP contribution in [-0.4, -0.2) is 35.1 Å². The van der Waals surface area contributed by atoms with Gasteiger partial charge >= 0.3 is 0 Å². The van der Waals surface area contributed by atoms with E-state index in [1.165, 1.54) is 0 Å². The molecule has 4 rings (SSSR count). The summed E-state index contributed by atoms with van der Waals surface area (Å²) in [5, 5.41) is 11.7. The summed E-state index contributed by atoms with van der Waals surface area (Å²) in [4.78, 5) is 26.0. The Balaban J connectivity index is 1.40. The Morgan fingerprint density at radius 3 is 2.40 bits per heavy atom. The molecule has 1 aromatic heterocycles. The number of nitrogens with two attached hydrogens (primary N) is 1. The van der Waals surface area contributed by atoms with E-state index in [2.05, 4.69) is 20.4 Å². The molecule has 1 saturated heterocycles. The van der Waals surface area contributed by atoms with Crippen molar-refractivity contribution in [1.29, 1.82) is 0 Å². The molecule has 1 atom stereocenters. The summed E-state index contributed by atoms with van der Waals surface area (Å²) in [6, 6.07) is 20.4. The molecule has 2 amide bonds. The minimum Gasteiger partial charge on any atom is -0.366 e. The van der Waals surface area contributed by atoms with E-state index in [1.54, 1.807) is 24.3 Å². The molecule has 0 bridgehead atoms. The topological polar surface area (TPSA) is 101 Å². The minimum atomic E-state index is -0.491. The second-order valence-electron chi connectivity index (χ2n) is 7.36. The lowest BCUT2D eigenvalue weighted by atomic mass is 9.97. The van der Waals surface area contributed by atoms with Crippen molar-refractivity contribution in [2.24, 2.45) is 11.7 Å². The highest BCUT2D eigenvalue weighted by atomic mass is 16.2. The summed E-state index contributed by atoms with van der Waals surface area (Å²) < 4.78 is 0. The van der Waals surface area contributed by atoms with Gasteiger partial charge in [0.2, 0.25) is 11.8 Å². The molecule has 1 unspecified atom stereocenters. The highest BCUT2D eigenvalue weighted by molar-refractivity contribution is 5.95. The van der Waals surface area contributed by atoms with Gasteiger partial charge in [0.1, 0.15) is 0 Å². The Labute approximate surface area is 174 Å². The van der Waals surface area contributed by atoms with Crippen LogP contribution in [0.4, 0.5) is 11.5 Å². The molecule has 30 heavy (non-hydrogen) atoms. The number of anilines is 2. The predicted molar refractivity (Wildman–Crippen MR) is 116 cm³/mol. The first-order valence-corrected chi connectivity index (χ1v) is 9.95. The van der Waals surface area contributed by atoms with Gasteiger partial charge in [-0.3, -0.25) is 9.59 Å². The van der Waals surface area contributed by atoms with Gasteiger partial charge in [-0.25, -0.2) is 0 Å². The number of amides is 2. The zero-order chi connectivity index (χ0) is 20.9. The van der Waals surface area contributed by atoms with Gasteiger partial charge in [0.25, 0.3) is 0 Å². The second kappa shape index (κ2) is 8.73. The Morgan fingerprint density at radius 2 is 1.73 bits per heavy atom. The number of piperidine rings is 1. The Morgan fingerprint density at radius 1 is 0.967 bits per heavy atom. The van der Waals surface area contributed by atoms with Crippen LogP contribution in [0.25, 0.3) is 11.3 Å². The molecule has 7 heteroatoms. The molecule has 1 fully saturated rings. The van der Waals surface area contributed by atoms with Crippen molar-refractivity contribution in [3.8, 4) is 11.3 Å². The molecule has 0 spiro atoms. The van der Waals surface area contributed by atoms with Crippen molar-refractivity contribution in [3.05, 3.63) is 72.3 Å². The van der Waals surface area contributed by atoms with Crippen molar-refractivity contribution in [1.82, 2.24) is 10.2 Å². The number of benzene rings is 2. The van der Waals surface area contributed by atoms with Crippen LogP contribution in [0.5, 0.6) is 0 Å². The number of rotatable bonds is 5. The lowest BCUT2D eigenvalue weighted by Gasteiger charge is -2.32. The minimum absolute atomic E-state index is 0.0413. The van der Waals surface area contributed by atoms with E-state index in [0.717, 1.165) is 36.5 Å². The van der Waals surface area contributed by atoms with E-state index in [9.17, 15) is 9.59 Å². The highest BCUT2D eigenvalue weighted by Gasteiger charge is 2.27. The second-order valence-corrected chi connectivity index (χ2v) is 7.36. The molecule has 2 aromatic carbocycles. The maximum atomic E-state index is 12.7. The van der Waals surface area contributed by atoms with Gasteiger partial charge in [0.15, 0.2) is 5.82 Å². The van der Waals surface area contributed by atoms with Crippen molar-refractivity contribution < 1.29 is 9.59 Å². The molecule has 1 aliphatic rings. The molecular formula is C23H23N5O2. The molecule has 1 aliphatic heterocycles. The van der Waals surface area contributed by atoms with Crippen LogP contribution in [0.15, 0.2) is 66.7 Å². The van der Waals surface area contributed by atoms with Gasteiger partial charge in [-0.1, -0.05) is 30.3 Å². The van der Waals surface area contributed by atoms with Gasteiger partial charge in [0.05, 0.1) is 11.6 Å². The van der Waals surface area contributed by atoms with Crippen LogP contribution in [0.1, 0.15) is 23.2 Å². The Bertz CT molecular complexity index is 1020. The van der Waals surface area contributed by atoms with Crippen molar-refractivity contribution in [3.63, 3.8) is 0 Å². The summed E-state index contributed by atoms with van der Waals surface area (Å²) >= 11 is 0. The maximum Gasteiger partial charge on any atom is 0.248 e. The standard InChI is InChI=1S/C23H23N5O2/c24-22(29)17-8-10-19(11-9-17)25-23(30)18-7-4-14-28(15-18)21-13-12-20(26-27-21)16-5-2-1-3-6-16/h1-3,5-6,8-13,18H,4,7,14-15H2,(H2,24,29)(H,25,30). The smallest absolute Gasteiger partial charge is 0.248 e. The predicted octanol–water partition coefficient (Wildman–Crippen LogP) is 3.10. The van der Waals surface area contributed by atoms with Gasteiger partial charge < -0.3 is 16.0 Å². The molecule has 3 aromatic rings. The number of carbonyl (C=O) groups is 2. The molecule has 0 saturated carbocycles. The summed E-state index contributed by atoms with van der Waals surface area (Å²) in [5.74, 6) is 0.0961. The summed E-state index contributed by atoms with van der Waals surface area (Å²) in [7, 11) is 0. The molecule has 3 N–H and O–H groups in total. The van der Waals surface area contributed by atoms with Gasteiger partial charge in [-0.05, 0) is 49.2 Å². The fraction of sp³-hybridized carbons (Fsp3) is 0.217. The van der Waals surface area contributed by atoms with Crippen LogP contribution in [-0.2, 0) is 4.79 Å². The third-order valence-corrected chi connectivity index (χ3v) is 5.27. The van der Waals surface area contributed by atoms with Gasteiger partial charge in [0, 0.05) is 29.9 Å². The number of carbonyl (C=O) groups excluding carboxylic acids is 2. The van der Waals surface area contributed by atoms with E-state index in [0.29, 0.717) is 17.8 Å². The molecule has 0 radical (unpaired) electrons. The number of aromatic nitrogens is 2. The number of nitrogens with one attached hydrogen (secondary N) is 1. The third kappa shape index (κ3) is 4.46. The van der Waals surface area contributed by atoms with Gasteiger partial charge in [-0.2, -0.15) is 0 Å². The van der Waals surface area contributed by atoms with E-state index in [-0.39, 0.29) is 11.8 Å². The highest BCUT2D eigenvalue weighted by Crippen LogP contribution is 2.24. The number of nitrogens with zero attached hydrogens (tertiary/aromatic N) is 3. The Kier molecular flexibility index (Phi) is 5.70. The van der Waals surface area contributed by atoms with Crippen molar-refractivity contribution >= 4 is 23.3 Å². The van der Waals surface area contributed by atoms with Crippen molar-refractivity contribution in [2.45, 2.75) is 12.8 Å². The monoisotopic (exact) mass is 401 g/mol. The summed E-state index contributed by atoms with van der Waals surface area (Å²) in [6.45, 7) is 1.43. The first-order valence-electron chi connectivity index (χ1n) is 9.95. The quantitative estimate of drug-likeness (QED) is 0.684. The van der Waals surface area contributed by atoms with Crippen LogP contribution in [0.3, 0.4) is 0 Å². The lowest BCUT2D eigenvalue weighted by Crippen LogP contribution is -2.41. The largest absolute Gasteiger partial charge is 0.366 e. The van der Waals surface area contributed by atoms with E-state index >= 15 is 0 Å². The zero-order valence-electron chi connectivity index (χ0n) is 16.5. The normalized spacial score (nSPS) is 16.1. The number of primary amides is 1. The van der Waals surface area contributed by atoms with Crippen molar-refractivity contribution in [2.75, 3.05) is 23.3 Å². The molecule has 7 nitrogen and oxygen atoms in total. The number of hydrogen-bond acceptors (Lipinski definition) is 5. The summed E-state index contributed by atoms with van der Waals surface area (Å²) in [6.07, 6.45) is 1.72. The van der Waals surface area contributed by atoms with E-state index < -0.39 is 5.91 Å². The maximum absolute atomic E-state index is 12.7. The fourth-order valence-corrected chi connectivity index (χ4v) is 3.62. The zero-order valence-corrected chi connectivity index (χ0v) is 16.5. The summed E-state index contributed by atoms with van der Waals surface area (Å²) in [5.41, 5.74) is 8.16. The average molecular weight is 401 g/mol. The number of hydrogen-bond donors (Lipinski definition) is 2. The van der Waals surface area contributed by atoms with Crippen LogP contribution in [0, 0.1) is 5.92 Å². The molecule has 152 valence electrons. The van der Waals surface area contributed by atoms with Crippen LogP contribution >= 0.6 is 0 Å². The fourth-order valence-electron chi connectivity index (χ4n) is 3.62. The van der Waals surface area contributed by atoms with Crippen LogP contribution < -0.4 is 16.0 Å². The SMILES string of the molecule is NC(=O)c1ccc(NC(=O)C2CCCN(c3ccc(-c4ccccc4)nn3)C2)cc1. The average Bonchev–Trinajstić information content (AvgIpc) is 2.80. The molecule has 0 aliphatic carbocycles. The third-order valence-electron chi connectivity index (χ3n) is 5.27. The molecular weight excluding hydrogens is 378 g/mol. The first kappa shape index (κ1) is 19.6. The first-order chi connectivity index (χ1) is 14.6. The van der Waals surface area contributed by atoms with E-state index in [4.69, 9.17) is 5.73 Å².